The molecule has 4 aromatic rings. The van der Waals surface area contributed by atoms with Crippen molar-refractivity contribution >= 4 is 39.9 Å². The molecule has 2 aliphatic heterocycles. The molecule has 1 saturated carbocycles. The number of benzene rings is 3. The topological polar surface area (TPSA) is 84.5 Å². The molecule has 3 aliphatic rings. The Morgan fingerprint density at radius 2 is 1.70 bits per heavy atom. The number of piperidine rings is 2. The van der Waals surface area contributed by atoms with Crippen molar-refractivity contribution in [3.8, 4) is 16.9 Å². The maximum absolute atomic E-state index is 12.9. The van der Waals surface area contributed by atoms with Gasteiger partial charge < -0.3 is 25.7 Å². The number of aryl methyl sites for hydroxylation is 1. The molecule has 7 nitrogen and oxygen atoms in total. The SMILES string of the molecule is NC1(C(=O)CCCCn2cc(-c3ccc(OC(F)(F)F)cc3)c3cc(CNC4C5CN(Cc6c(Cl)cccc6Cl)CC54)ccc32)CCNCC1. The lowest BCUT2D eigenvalue weighted by molar-refractivity contribution is -0.274. The molecule has 0 amide bonds. The van der Waals surface area contributed by atoms with Gasteiger partial charge in [-0.05, 0) is 98.1 Å². The third-order valence-electron chi connectivity index (χ3n) is 10.7. The van der Waals surface area contributed by atoms with Crippen LogP contribution in [0, 0.1) is 11.8 Å². The largest absolute Gasteiger partial charge is 0.573 e. The molecule has 1 aliphatic carbocycles. The zero-order valence-corrected chi connectivity index (χ0v) is 29.3. The first-order chi connectivity index (χ1) is 24.0. The van der Waals surface area contributed by atoms with E-state index in [4.69, 9.17) is 28.9 Å². The van der Waals surface area contributed by atoms with Crippen molar-refractivity contribution in [3.63, 3.8) is 0 Å². The number of Topliss-reactive ketones (excluding diaryl/α,β-unsaturated/α-hetero) is 1. The van der Waals surface area contributed by atoms with E-state index in [-0.39, 0.29) is 11.5 Å². The van der Waals surface area contributed by atoms with Crippen molar-refractivity contribution in [1.29, 1.82) is 0 Å². The molecule has 1 aromatic heterocycles. The van der Waals surface area contributed by atoms with Crippen LogP contribution < -0.4 is 21.1 Å². The van der Waals surface area contributed by atoms with Crippen molar-refractivity contribution in [3.05, 3.63) is 88.0 Å². The average Bonchev–Trinajstić information content (AvgIpc) is 3.35. The maximum Gasteiger partial charge on any atom is 0.573 e. The first-order valence-corrected chi connectivity index (χ1v) is 18.1. The number of ketones is 1. The first-order valence-electron chi connectivity index (χ1n) is 17.4. The third-order valence-corrected chi connectivity index (χ3v) is 11.4. The van der Waals surface area contributed by atoms with Crippen molar-refractivity contribution in [2.75, 3.05) is 26.2 Å². The highest BCUT2D eigenvalue weighted by Crippen LogP contribution is 2.46. The molecule has 2 unspecified atom stereocenters. The van der Waals surface area contributed by atoms with E-state index in [1.54, 1.807) is 12.1 Å². The second kappa shape index (κ2) is 14.5. The number of nitrogens with zero attached hydrogens (tertiary/aromatic N) is 2. The van der Waals surface area contributed by atoms with E-state index >= 15 is 0 Å². The van der Waals surface area contributed by atoms with Gasteiger partial charge in [-0.25, -0.2) is 0 Å². The lowest BCUT2D eigenvalue weighted by Crippen LogP contribution is -2.54. The summed E-state index contributed by atoms with van der Waals surface area (Å²) < 4.78 is 44.7. The summed E-state index contributed by atoms with van der Waals surface area (Å²) in [5, 5.41) is 9.47. The number of alkyl halides is 3. The zero-order chi connectivity index (χ0) is 35.0. The highest BCUT2D eigenvalue weighted by Gasteiger charge is 2.55. The number of carbonyl (C=O) groups excluding carboxylic acids is 1. The number of likely N-dealkylation sites (tertiary alicyclic amines) is 1. The summed E-state index contributed by atoms with van der Waals surface area (Å²) in [4.78, 5) is 15.3. The summed E-state index contributed by atoms with van der Waals surface area (Å²) in [6, 6.07) is 18.5. The molecule has 50 heavy (non-hydrogen) atoms. The number of hydrogen-bond acceptors (Lipinski definition) is 6. The van der Waals surface area contributed by atoms with Crippen molar-refractivity contribution < 1.29 is 22.7 Å². The number of halogens is 5. The average molecular weight is 729 g/mol. The molecular formula is C38H42Cl2F3N5O2. The minimum Gasteiger partial charge on any atom is -0.406 e. The number of rotatable bonds is 13. The molecule has 7 rings (SSSR count). The molecule has 4 N–H and O–H groups in total. The van der Waals surface area contributed by atoms with Crippen LogP contribution in [-0.4, -0.2) is 59.4 Å². The lowest BCUT2D eigenvalue weighted by atomic mass is 9.83. The Balaban J connectivity index is 1.02. The van der Waals surface area contributed by atoms with Crippen molar-refractivity contribution in [1.82, 2.24) is 20.1 Å². The van der Waals surface area contributed by atoms with Crippen LogP contribution in [0.2, 0.25) is 10.0 Å². The summed E-state index contributed by atoms with van der Waals surface area (Å²) >= 11 is 12.8. The number of nitrogens with two attached hydrogens (primary N) is 1. The molecule has 3 heterocycles. The molecule has 0 radical (unpaired) electrons. The summed E-state index contributed by atoms with van der Waals surface area (Å²) in [5.74, 6) is 1.05. The van der Waals surface area contributed by atoms with Crippen LogP contribution in [-0.2, 0) is 24.4 Å². The summed E-state index contributed by atoms with van der Waals surface area (Å²) in [6.07, 6.45) is 0.633. The fourth-order valence-electron chi connectivity index (χ4n) is 7.86. The number of nitrogens with one attached hydrogen (secondary N) is 2. The minimum absolute atomic E-state index is 0.132. The van der Waals surface area contributed by atoms with Crippen LogP contribution in [0.5, 0.6) is 5.75 Å². The Bertz CT molecular complexity index is 1810. The second-order valence-corrected chi connectivity index (χ2v) is 14.9. The van der Waals surface area contributed by atoms with E-state index in [2.05, 4.69) is 49.2 Å². The van der Waals surface area contributed by atoms with Gasteiger partial charge in [-0.3, -0.25) is 9.69 Å². The van der Waals surface area contributed by atoms with E-state index < -0.39 is 11.9 Å². The predicted octanol–water partition coefficient (Wildman–Crippen LogP) is 7.55. The van der Waals surface area contributed by atoms with Crippen LogP contribution in [0.4, 0.5) is 13.2 Å². The Labute approximate surface area is 300 Å². The van der Waals surface area contributed by atoms with Crippen LogP contribution in [0.15, 0.2) is 66.9 Å². The Hall–Kier alpha value is -3.12. The molecule has 3 aromatic carbocycles. The number of ether oxygens (including phenoxy) is 1. The smallest absolute Gasteiger partial charge is 0.406 e. The van der Waals surface area contributed by atoms with Gasteiger partial charge in [0.1, 0.15) is 5.75 Å². The number of fused-ring (bicyclic) bond motifs is 2. The van der Waals surface area contributed by atoms with Gasteiger partial charge in [0.05, 0.1) is 5.54 Å². The van der Waals surface area contributed by atoms with Crippen LogP contribution in [0.25, 0.3) is 22.0 Å². The van der Waals surface area contributed by atoms with Gasteiger partial charge in [0, 0.05) is 83.5 Å². The first kappa shape index (κ1) is 35.3. The Morgan fingerprint density at radius 3 is 2.38 bits per heavy atom. The zero-order valence-electron chi connectivity index (χ0n) is 27.7. The summed E-state index contributed by atoms with van der Waals surface area (Å²) in [7, 11) is 0. The van der Waals surface area contributed by atoms with E-state index in [1.807, 2.05) is 18.2 Å². The van der Waals surface area contributed by atoms with E-state index in [0.717, 1.165) is 78.7 Å². The minimum atomic E-state index is -4.75. The fourth-order valence-corrected chi connectivity index (χ4v) is 8.38. The summed E-state index contributed by atoms with van der Waals surface area (Å²) in [5.41, 5.74) is 10.6. The molecule has 0 bridgehead atoms. The van der Waals surface area contributed by atoms with Gasteiger partial charge >= 0.3 is 6.36 Å². The third kappa shape index (κ3) is 7.86. The fraction of sp³-hybridized carbons (Fsp3) is 0.447. The highest BCUT2D eigenvalue weighted by atomic mass is 35.5. The molecule has 0 spiro atoms. The van der Waals surface area contributed by atoms with Gasteiger partial charge in [0.2, 0.25) is 0 Å². The predicted molar refractivity (Wildman–Crippen MR) is 191 cm³/mol. The normalized spacial score (nSPS) is 21.8. The lowest BCUT2D eigenvalue weighted by Gasteiger charge is -2.32. The van der Waals surface area contributed by atoms with Gasteiger partial charge in [-0.2, -0.15) is 0 Å². The van der Waals surface area contributed by atoms with Crippen LogP contribution >= 0.6 is 23.2 Å². The van der Waals surface area contributed by atoms with Crippen molar-refractivity contribution in [2.24, 2.45) is 17.6 Å². The molecule has 3 fully saturated rings. The standard InChI is InChI=1S/C38H42Cl2F3N5O2/c39-32-4-3-5-33(40)31(32)22-47-20-29-30(21-47)36(29)46-19-24-7-12-34-27(18-24)28(25-8-10-26(11-9-25)50-38(41,42)43)23-48(34)17-2-1-6-35(49)37(44)13-15-45-16-14-37/h3-5,7-12,18,23,29-30,36,45-46H,1-2,6,13-17,19-22,44H2. The highest BCUT2D eigenvalue weighted by molar-refractivity contribution is 6.36. The van der Waals surface area contributed by atoms with E-state index in [1.165, 1.54) is 12.1 Å². The van der Waals surface area contributed by atoms with Gasteiger partial charge in [0.25, 0.3) is 0 Å². The number of hydrogen-bond donors (Lipinski definition) is 3. The number of aromatic nitrogens is 1. The number of carbonyl (C=O) groups is 1. The van der Waals surface area contributed by atoms with Crippen molar-refractivity contribution in [2.45, 2.75) is 69.7 Å². The summed E-state index contributed by atoms with van der Waals surface area (Å²) in [6.45, 7) is 5.70. The Kier molecular flexibility index (Phi) is 10.2. The quantitative estimate of drug-likeness (QED) is 0.123. The molecule has 12 heteroatoms. The molecular weight excluding hydrogens is 686 g/mol. The van der Waals surface area contributed by atoms with E-state index in [9.17, 15) is 18.0 Å². The van der Waals surface area contributed by atoms with Gasteiger partial charge in [-0.1, -0.05) is 47.5 Å². The van der Waals surface area contributed by atoms with E-state index in [0.29, 0.717) is 60.3 Å². The van der Waals surface area contributed by atoms with Crippen LogP contribution in [0.3, 0.4) is 0 Å². The Morgan fingerprint density at radius 1 is 1.00 bits per heavy atom. The second-order valence-electron chi connectivity index (χ2n) is 14.1. The number of unbranched alkanes of at least 4 members (excludes halogenated alkanes) is 1. The monoisotopic (exact) mass is 727 g/mol. The van der Waals surface area contributed by atoms with Crippen LogP contribution in [0.1, 0.15) is 43.2 Å². The van der Waals surface area contributed by atoms with Gasteiger partial charge in [0.15, 0.2) is 5.78 Å². The molecule has 2 saturated heterocycles. The maximum atomic E-state index is 12.9. The molecule has 266 valence electrons. The van der Waals surface area contributed by atoms with Gasteiger partial charge in [-0.15, -0.1) is 13.2 Å². The molecule has 2 atom stereocenters.